The molecule has 74 valence electrons. The fourth-order valence-electron chi connectivity index (χ4n) is 1.13. The highest BCUT2D eigenvalue weighted by molar-refractivity contribution is 7.11. The second kappa shape index (κ2) is 3.89. The molecule has 2 rings (SSSR count). The van der Waals surface area contributed by atoms with Gasteiger partial charge in [0.15, 0.2) is 0 Å². The Labute approximate surface area is 85.9 Å². The van der Waals surface area contributed by atoms with Crippen LogP contribution >= 0.6 is 11.3 Å². The molecular formula is C9H11N3OS. The quantitative estimate of drug-likeness (QED) is 0.832. The highest BCUT2D eigenvalue weighted by Crippen LogP contribution is 2.20. The molecule has 1 atom stereocenters. The Morgan fingerprint density at radius 3 is 3.07 bits per heavy atom. The molecule has 2 aromatic rings. The van der Waals surface area contributed by atoms with Gasteiger partial charge >= 0.3 is 0 Å². The molecule has 14 heavy (non-hydrogen) atoms. The summed E-state index contributed by atoms with van der Waals surface area (Å²) in [5.41, 5.74) is 0. The van der Waals surface area contributed by atoms with Gasteiger partial charge in [-0.3, -0.25) is 0 Å². The first-order valence-electron chi connectivity index (χ1n) is 4.34. The summed E-state index contributed by atoms with van der Waals surface area (Å²) in [6.45, 7) is 2.46. The third-order valence-electron chi connectivity index (χ3n) is 1.86. The summed E-state index contributed by atoms with van der Waals surface area (Å²) in [4.78, 5) is 9.08. The van der Waals surface area contributed by atoms with Crippen LogP contribution in [-0.2, 0) is 6.54 Å². The fourth-order valence-corrected chi connectivity index (χ4v) is 1.99. The maximum atomic E-state index is 9.31. The number of aromatic nitrogens is 3. The molecule has 0 amide bonds. The van der Waals surface area contributed by atoms with Gasteiger partial charge in [0.05, 0.1) is 23.9 Å². The lowest BCUT2D eigenvalue weighted by Gasteiger charge is -1.97. The van der Waals surface area contributed by atoms with Gasteiger partial charge < -0.3 is 9.67 Å². The Balaban J connectivity index is 2.11. The van der Waals surface area contributed by atoms with E-state index in [1.54, 1.807) is 25.6 Å². The van der Waals surface area contributed by atoms with E-state index >= 15 is 0 Å². The second-order valence-electron chi connectivity index (χ2n) is 3.07. The first-order valence-corrected chi connectivity index (χ1v) is 5.16. The van der Waals surface area contributed by atoms with E-state index in [9.17, 15) is 5.11 Å². The van der Waals surface area contributed by atoms with Gasteiger partial charge in [0.2, 0.25) is 0 Å². The van der Waals surface area contributed by atoms with E-state index in [4.69, 9.17) is 0 Å². The average molecular weight is 209 g/mol. The van der Waals surface area contributed by atoms with Gasteiger partial charge in [-0.2, -0.15) is 0 Å². The maximum Gasteiger partial charge on any atom is 0.113 e. The lowest BCUT2D eigenvalue weighted by atomic mass is 10.4. The Morgan fingerprint density at radius 1 is 1.64 bits per heavy atom. The Hall–Kier alpha value is -1.20. The topological polar surface area (TPSA) is 50.9 Å². The summed E-state index contributed by atoms with van der Waals surface area (Å²) < 4.78 is 1.95. The molecule has 0 aliphatic heterocycles. The van der Waals surface area contributed by atoms with Crippen molar-refractivity contribution in [2.45, 2.75) is 19.6 Å². The van der Waals surface area contributed by atoms with Crippen molar-refractivity contribution in [2.24, 2.45) is 0 Å². The van der Waals surface area contributed by atoms with Gasteiger partial charge in [-0.25, -0.2) is 9.97 Å². The molecule has 0 radical (unpaired) electrons. The molecule has 2 aromatic heterocycles. The van der Waals surface area contributed by atoms with Crippen LogP contribution in [0.25, 0.3) is 0 Å². The number of aliphatic hydroxyl groups excluding tert-OH is 1. The minimum absolute atomic E-state index is 0.427. The third kappa shape index (κ3) is 2.00. The molecule has 0 saturated carbocycles. The van der Waals surface area contributed by atoms with E-state index in [2.05, 4.69) is 9.97 Å². The van der Waals surface area contributed by atoms with Crippen molar-refractivity contribution in [3.05, 3.63) is 34.8 Å². The van der Waals surface area contributed by atoms with E-state index in [-0.39, 0.29) is 0 Å². The van der Waals surface area contributed by atoms with Crippen LogP contribution < -0.4 is 0 Å². The minimum atomic E-state index is -0.427. The van der Waals surface area contributed by atoms with E-state index in [0.29, 0.717) is 0 Å². The van der Waals surface area contributed by atoms with Crippen molar-refractivity contribution >= 4 is 11.3 Å². The number of hydrogen-bond donors (Lipinski definition) is 1. The molecule has 0 saturated heterocycles. The number of nitrogens with zero attached hydrogens (tertiary/aromatic N) is 3. The maximum absolute atomic E-state index is 9.31. The molecule has 1 unspecified atom stereocenters. The number of thiazole rings is 1. The smallest absolute Gasteiger partial charge is 0.113 e. The first-order chi connectivity index (χ1) is 6.75. The van der Waals surface area contributed by atoms with Gasteiger partial charge in [-0.05, 0) is 6.92 Å². The summed E-state index contributed by atoms with van der Waals surface area (Å²) in [6, 6.07) is 0. The number of hydrogen-bond acceptors (Lipinski definition) is 4. The predicted molar refractivity (Wildman–Crippen MR) is 54.1 cm³/mol. The SMILES string of the molecule is CC(O)c1cnc(Cn2ccnc2)s1. The van der Waals surface area contributed by atoms with Crippen LogP contribution in [0.3, 0.4) is 0 Å². The van der Waals surface area contributed by atoms with Gasteiger partial charge in [-0.1, -0.05) is 0 Å². The van der Waals surface area contributed by atoms with Crippen LogP contribution in [0, 0.1) is 0 Å². The summed E-state index contributed by atoms with van der Waals surface area (Å²) in [7, 11) is 0. The molecule has 0 aromatic carbocycles. The van der Waals surface area contributed by atoms with Crippen LogP contribution in [0.4, 0.5) is 0 Å². The van der Waals surface area contributed by atoms with Gasteiger partial charge in [-0.15, -0.1) is 11.3 Å². The molecular weight excluding hydrogens is 198 g/mol. The first kappa shape index (κ1) is 9.36. The van der Waals surface area contributed by atoms with Crippen LogP contribution in [0.1, 0.15) is 22.9 Å². The average Bonchev–Trinajstić information content (AvgIpc) is 2.75. The zero-order chi connectivity index (χ0) is 9.97. The van der Waals surface area contributed by atoms with E-state index in [1.165, 1.54) is 11.3 Å². The van der Waals surface area contributed by atoms with Crippen molar-refractivity contribution < 1.29 is 5.11 Å². The lowest BCUT2D eigenvalue weighted by Crippen LogP contribution is -1.94. The van der Waals surface area contributed by atoms with Crippen LogP contribution in [0.15, 0.2) is 24.9 Å². The predicted octanol–water partition coefficient (Wildman–Crippen LogP) is 1.44. The highest BCUT2D eigenvalue weighted by Gasteiger charge is 2.06. The van der Waals surface area contributed by atoms with E-state index in [0.717, 1.165) is 16.4 Å². The van der Waals surface area contributed by atoms with Crippen molar-refractivity contribution in [1.29, 1.82) is 0 Å². The summed E-state index contributed by atoms with van der Waals surface area (Å²) in [6.07, 6.45) is 6.68. The lowest BCUT2D eigenvalue weighted by molar-refractivity contribution is 0.203. The Kier molecular flexibility index (Phi) is 2.60. The Morgan fingerprint density at radius 2 is 2.50 bits per heavy atom. The summed E-state index contributed by atoms with van der Waals surface area (Å²) in [5, 5.41) is 10.3. The zero-order valence-electron chi connectivity index (χ0n) is 7.79. The number of rotatable bonds is 3. The van der Waals surface area contributed by atoms with Gasteiger partial charge in [0, 0.05) is 18.6 Å². The molecule has 4 nitrogen and oxygen atoms in total. The minimum Gasteiger partial charge on any atom is -0.388 e. The zero-order valence-corrected chi connectivity index (χ0v) is 8.61. The molecule has 0 aliphatic carbocycles. The normalized spacial score (nSPS) is 13.0. The fraction of sp³-hybridized carbons (Fsp3) is 0.333. The monoisotopic (exact) mass is 209 g/mol. The summed E-state index contributed by atoms with van der Waals surface area (Å²) >= 11 is 1.53. The Bertz CT molecular complexity index is 394. The molecule has 0 fully saturated rings. The molecule has 0 aliphatic rings. The standard InChI is InChI=1S/C9H11N3OS/c1-7(13)8-4-11-9(14-8)5-12-3-2-10-6-12/h2-4,6-7,13H,5H2,1H3. The van der Waals surface area contributed by atoms with Crippen LogP contribution in [0.2, 0.25) is 0 Å². The number of aliphatic hydroxyl groups is 1. The van der Waals surface area contributed by atoms with Crippen molar-refractivity contribution in [3.8, 4) is 0 Å². The van der Waals surface area contributed by atoms with Gasteiger partial charge in [0.1, 0.15) is 5.01 Å². The molecule has 1 N–H and O–H groups in total. The largest absolute Gasteiger partial charge is 0.388 e. The highest BCUT2D eigenvalue weighted by atomic mass is 32.1. The van der Waals surface area contributed by atoms with E-state index < -0.39 is 6.10 Å². The third-order valence-corrected chi connectivity index (χ3v) is 3.01. The molecule has 2 heterocycles. The van der Waals surface area contributed by atoms with Crippen LogP contribution in [-0.4, -0.2) is 19.6 Å². The van der Waals surface area contributed by atoms with E-state index in [1.807, 2.05) is 10.8 Å². The van der Waals surface area contributed by atoms with Crippen LogP contribution in [0.5, 0.6) is 0 Å². The summed E-state index contributed by atoms with van der Waals surface area (Å²) in [5.74, 6) is 0. The molecule has 0 spiro atoms. The van der Waals surface area contributed by atoms with Crippen molar-refractivity contribution in [1.82, 2.24) is 14.5 Å². The molecule has 0 bridgehead atoms. The molecule has 5 heteroatoms. The second-order valence-corrected chi connectivity index (χ2v) is 4.21. The van der Waals surface area contributed by atoms with Gasteiger partial charge in [0.25, 0.3) is 0 Å². The van der Waals surface area contributed by atoms with Crippen molar-refractivity contribution in [3.63, 3.8) is 0 Å². The van der Waals surface area contributed by atoms with Crippen molar-refractivity contribution in [2.75, 3.05) is 0 Å². The number of imidazole rings is 1.